The number of hydrogen-bond acceptors (Lipinski definition) is 5. The number of carbonyl (C=O) groups is 2. The summed E-state index contributed by atoms with van der Waals surface area (Å²) in [5.41, 5.74) is 0.573. The van der Waals surface area contributed by atoms with Gasteiger partial charge in [-0.1, -0.05) is 25.4 Å². The van der Waals surface area contributed by atoms with Gasteiger partial charge < -0.3 is 15.4 Å². The Kier molecular flexibility index (Phi) is 6.66. The van der Waals surface area contributed by atoms with Gasteiger partial charge in [-0.2, -0.15) is 5.10 Å². The molecule has 0 fully saturated rings. The number of nitrogens with zero attached hydrogens (tertiary/aromatic N) is 2. The maximum Gasteiger partial charge on any atom is 0.258 e. The Labute approximate surface area is 173 Å². The van der Waals surface area contributed by atoms with Gasteiger partial charge in [0.1, 0.15) is 23.1 Å². The number of amides is 2. The predicted octanol–water partition coefficient (Wildman–Crippen LogP) is 3.16. The average molecular weight is 416 g/mol. The SMILES string of the molecule is CC(C)CC(NC(=O)COc1ccc(Cl)c2cccnc12)C(=O)Nc1ccn[nH]1. The first-order valence-electron chi connectivity index (χ1n) is 9.19. The number of carbonyl (C=O) groups excluding carboxylic acids is 2. The Balaban J connectivity index is 1.64. The molecule has 0 radical (unpaired) electrons. The second kappa shape index (κ2) is 9.38. The first-order valence-corrected chi connectivity index (χ1v) is 9.57. The second-order valence-electron chi connectivity index (χ2n) is 6.94. The van der Waals surface area contributed by atoms with Crippen molar-refractivity contribution in [2.24, 2.45) is 5.92 Å². The van der Waals surface area contributed by atoms with Gasteiger partial charge >= 0.3 is 0 Å². The van der Waals surface area contributed by atoms with Gasteiger partial charge in [-0.25, -0.2) is 0 Å². The van der Waals surface area contributed by atoms with E-state index in [2.05, 4.69) is 25.8 Å². The molecule has 0 saturated heterocycles. The van der Waals surface area contributed by atoms with Crippen molar-refractivity contribution in [2.75, 3.05) is 11.9 Å². The molecule has 152 valence electrons. The summed E-state index contributed by atoms with van der Waals surface area (Å²) < 4.78 is 5.65. The van der Waals surface area contributed by atoms with Crippen molar-refractivity contribution in [2.45, 2.75) is 26.3 Å². The van der Waals surface area contributed by atoms with Crippen LogP contribution in [0, 0.1) is 5.92 Å². The van der Waals surface area contributed by atoms with Crippen molar-refractivity contribution in [1.29, 1.82) is 0 Å². The highest BCUT2D eigenvalue weighted by molar-refractivity contribution is 6.35. The number of hydrogen-bond donors (Lipinski definition) is 3. The Morgan fingerprint density at radius 2 is 2.03 bits per heavy atom. The van der Waals surface area contributed by atoms with Crippen LogP contribution in [-0.4, -0.2) is 39.6 Å². The highest BCUT2D eigenvalue weighted by Crippen LogP contribution is 2.29. The first-order chi connectivity index (χ1) is 13.9. The van der Waals surface area contributed by atoms with Crippen molar-refractivity contribution in [3.8, 4) is 5.75 Å². The number of nitrogens with one attached hydrogen (secondary N) is 3. The van der Waals surface area contributed by atoms with Gasteiger partial charge in [0.25, 0.3) is 5.91 Å². The lowest BCUT2D eigenvalue weighted by atomic mass is 10.0. The minimum atomic E-state index is -0.700. The number of halogens is 1. The lowest BCUT2D eigenvalue weighted by Crippen LogP contribution is -2.46. The molecule has 9 heteroatoms. The molecule has 8 nitrogen and oxygen atoms in total. The molecule has 3 rings (SSSR count). The van der Waals surface area contributed by atoms with E-state index in [1.165, 1.54) is 6.20 Å². The van der Waals surface area contributed by atoms with Gasteiger partial charge in [0, 0.05) is 17.6 Å². The molecule has 0 spiro atoms. The van der Waals surface area contributed by atoms with E-state index in [1.807, 2.05) is 19.9 Å². The highest BCUT2D eigenvalue weighted by Gasteiger charge is 2.23. The normalized spacial score (nSPS) is 12.0. The number of fused-ring (bicyclic) bond motifs is 1. The zero-order valence-corrected chi connectivity index (χ0v) is 16.9. The summed E-state index contributed by atoms with van der Waals surface area (Å²) in [6.07, 6.45) is 3.64. The Bertz CT molecular complexity index is 991. The number of aromatic nitrogens is 3. The summed E-state index contributed by atoms with van der Waals surface area (Å²) in [6, 6.07) is 7.90. The van der Waals surface area contributed by atoms with Crippen molar-refractivity contribution >= 4 is 40.1 Å². The van der Waals surface area contributed by atoms with Crippen molar-refractivity contribution < 1.29 is 14.3 Å². The van der Waals surface area contributed by atoms with Gasteiger partial charge in [0.05, 0.1) is 11.2 Å². The number of H-pyrrole nitrogens is 1. The maximum absolute atomic E-state index is 12.5. The maximum atomic E-state index is 12.5. The number of aromatic amines is 1. The largest absolute Gasteiger partial charge is 0.481 e. The van der Waals surface area contributed by atoms with Gasteiger partial charge in [0.15, 0.2) is 6.61 Å². The molecule has 2 aromatic heterocycles. The van der Waals surface area contributed by atoms with Crippen LogP contribution in [0.5, 0.6) is 5.75 Å². The number of pyridine rings is 1. The fourth-order valence-electron chi connectivity index (χ4n) is 2.86. The van der Waals surface area contributed by atoms with Gasteiger partial charge in [-0.05, 0) is 36.6 Å². The molecule has 1 unspecified atom stereocenters. The molecule has 0 bridgehead atoms. The molecular weight excluding hydrogens is 394 g/mol. The summed E-state index contributed by atoms with van der Waals surface area (Å²) in [6.45, 7) is 3.70. The van der Waals surface area contributed by atoms with Crippen LogP contribution in [0.15, 0.2) is 42.7 Å². The Morgan fingerprint density at radius 1 is 1.21 bits per heavy atom. The van der Waals surface area contributed by atoms with E-state index < -0.39 is 11.9 Å². The standard InChI is InChI=1S/C20H22ClN5O3/c1-12(2)10-15(20(28)25-17-7-9-23-26-17)24-18(27)11-29-16-6-5-14(21)13-4-3-8-22-19(13)16/h3-9,12,15H,10-11H2,1-2H3,(H,24,27)(H2,23,25,26,28). The minimum Gasteiger partial charge on any atom is -0.481 e. The molecule has 3 N–H and O–H groups in total. The van der Waals surface area contributed by atoms with Crippen LogP contribution in [0.4, 0.5) is 5.82 Å². The Hall–Kier alpha value is -3.13. The van der Waals surface area contributed by atoms with E-state index >= 15 is 0 Å². The number of benzene rings is 1. The van der Waals surface area contributed by atoms with E-state index in [0.29, 0.717) is 28.5 Å². The summed E-state index contributed by atoms with van der Waals surface area (Å²) in [4.78, 5) is 29.2. The molecule has 2 heterocycles. The molecule has 0 aliphatic rings. The van der Waals surface area contributed by atoms with Gasteiger partial charge in [-0.3, -0.25) is 19.7 Å². The number of rotatable bonds is 8. The average Bonchev–Trinajstić information content (AvgIpc) is 3.20. The Morgan fingerprint density at radius 3 is 2.76 bits per heavy atom. The smallest absolute Gasteiger partial charge is 0.258 e. The molecule has 0 aliphatic heterocycles. The van der Waals surface area contributed by atoms with E-state index in [9.17, 15) is 9.59 Å². The topological polar surface area (TPSA) is 109 Å². The van der Waals surface area contributed by atoms with Crippen LogP contribution in [0.2, 0.25) is 5.02 Å². The zero-order valence-electron chi connectivity index (χ0n) is 16.1. The lowest BCUT2D eigenvalue weighted by Gasteiger charge is -2.20. The monoisotopic (exact) mass is 415 g/mol. The van der Waals surface area contributed by atoms with Crippen molar-refractivity contribution in [3.63, 3.8) is 0 Å². The van der Waals surface area contributed by atoms with Gasteiger partial charge in [0.2, 0.25) is 5.91 Å². The fourth-order valence-corrected chi connectivity index (χ4v) is 3.07. The number of ether oxygens (including phenoxy) is 1. The molecule has 0 saturated carbocycles. The van der Waals surface area contributed by atoms with Crippen molar-refractivity contribution in [1.82, 2.24) is 20.5 Å². The molecule has 0 aliphatic carbocycles. The summed E-state index contributed by atoms with van der Waals surface area (Å²) in [5.74, 6) is 0.387. The van der Waals surface area contributed by atoms with Crippen LogP contribution < -0.4 is 15.4 Å². The van der Waals surface area contributed by atoms with Crippen LogP contribution in [-0.2, 0) is 9.59 Å². The fraction of sp³-hybridized carbons (Fsp3) is 0.300. The van der Waals surface area contributed by atoms with Crippen molar-refractivity contribution in [3.05, 3.63) is 47.7 Å². The second-order valence-corrected chi connectivity index (χ2v) is 7.35. The molecular formula is C20H22ClN5O3. The molecule has 1 atom stereocenters. The van der Waals surface area contributed by atoms with Crippen LogP contribution in [0.3, 0.4) is 0 Å². The lowest BCUT2D eigenvalue weighted by molar-refractivity contribution is -0.128. The third-order valence-electron chi connectivity index (χ3n) is 4.16. The quantitative estimate of drug-likeness (QED) is 0.523. The molecule has 2 amide bonds. The third kappa shape index (κ3) is 5.45. The van der Waals surface area contributed by atoms with E-state index in [4.69, 9.17) is 16.3 Å². The van der Waals surface area contributed by atoms with E-state index in [1.54, 1.807) is 30.5 Å². The highest BCUT2D eigenvalue weighted by atomic mass is 35.5. The van der Waals surface area contributed by atoms with Gasteiger partial charge in [-0.15, -0.1) is 0 Å². The van der Waals surface area contributed by atoms with E-state index in [0.717, 1.165) is 5.39 Å². The summed E-state index contributed by atoms with van der Waals surface area (Å²) in [5, 5.41) is 13.2. The third-order valence-corrected chi connectivity index (χ3v) is 4.49. The van der Waals surface area contributed by atoms with Crippen LogP contribution in [0.25, 0.3) is 10.9 Å². The molecule has 29 heavy (non-hydrogen) atoms. The molecule has 1 aromatic carbocycles. The minimum absolute atomic E-state index is 0.207. The first kappa shape index (κ1) is 20.6. The van der Waals surface area contributed by atoms with E-state index in [-0.39, 0.29) is 18.4 Å². The summed E-state index contributed by atoms with van der Waals surface area (Å²) in [7, 11) is 0. The van der Waals surface area contributed by atoms with Crippen LogP contribution >= 0.6 is 11.6 Å². The summed E-state index contributed by atoms with van der Waals surface area (Å²) >= 11 is 6.18. The number of anilines is 1. The predicted molar refractivity (Wildman–Crippen MR) is 111 cm³/mol. The van der Waals surface area contributed by atoms with Crippen LogP contribution in [0.1, 0.15) is 20.3 Å². The molecule has 3 aromatic rings. The zero-order chi connectivity index (χ0) is 20.8.